The number of aromatic nitrogens is 2. The van der Waals surface area contributed by atoms with Crippen LogP contribution in [0.1, 0.15) is 31.9 Å². The van der Waals surface area contributed by atoms with Crippen molar-refractivity contribution in [1.82, 2.24) is 10.2 Å². The van der Waals surface area contributed by atoms with Gasteiger partial charge in [0.2, 0.25) is 0 Å². The van der Waals surface area contributed by atoms with Gasteiger partial charge in [0.25, 0.3) is 0 Å². The summed E-state index contributed by atoms with van der Waals surface area (Å²) < 4.78 is 11.6. The Hall–Kier alpha value is -2.95. The first-order valence-electron chi connectivity index (χ1n) is 9.00. The molecule has 5 nitrogen and oxygen atoms in total. The molecule has 0 fully saturated rings. The van der Waals surface area contributed by atoms with E-state index in [0.29, 0.717) is 12.3 Å². The first-order valence-corrected chi connectivity index (χ1v) is 9.00. The normalized spacial score (nSPS) is 10.7. The molecule has 3 rings (SSSR count). The monoisotopic (exact) mass is 351 g/mol. The molecule has 0 aliphatic rings. The maximum atomic E-state index is 5.82. The molecule has 26 heavy (non-hydrogen) atoms. The van der Waals surface area contributed by atoms with Crippen LogP contribution in [0.5, 0.6) is 11.5 Å². The summed E-state index contributed by atoms with van der Waals surface area (Å²) in [6.45, 7) is 3.34. The van der Waals surface area contributed by atoms with E-state index in [1.807, 2.05) is 48.5 Å². The molecule has 1 aromatic heterocycles. The molecule has 0 saturated carbocycles. The average molecular weight is 351 g/mol. The van der Waals surface area contributed by atoms with Gasteiger partial charge in [-0.25, -0.2) is 0 Å². The number of unbranched alkanes of at least 4 members (excludes halogenated alkanes) is 2. The maximum absolute atomic E-state index is 5.82. The number of nitrogens with one attached hydrogen (secondary N) is 1. The molecule has 2 aromatic carbocycles. The molecule has 0 aliphatic carbocycles. The van der Waals surface area contributed by atoms with Gasteiger partial charge in [-0.2, -0.15) is 5.10 Å². The standard InChI is InChI=1S/C21H25N3O2/c1-2-3-4-11-25-19-9-5-7-16(12-19)21-14-18(23-24-21)15-26-20-10-6-8-17(22)13-20/h5-10,12-14H,2-4,11,15,22H2,1H3,(H,23,24). The number of rotatable bonds is 9. The van der Waals surface area contributed by atoms with Crippen molar-refractivity contribution in [3.05, 3.63) is 60.3 Å². The number of hydrogen-bond donors (Lipinski definition) is 2. The summed E-state index contributed by atoms with van der Waals surface area (Å²) >= 11 is 0. The van der Waals surface area contributed by atoms with E-state index >= 15 is 0 Å². The third-order valence-electron chi connectivity index (χ3n) is 4.03. The zero-order valence-corrected chi connectivity index (χ0v) is 15.1. The van der Waals surface area contributed by atoms with E-state index in [4.69, 9.17) is 15.2 Å². The zero-order valence-electron chi connectivity index (χ0n) is 15.1. The Balaban J connectivity index is 1.60. The fraction of sp³-hybridized carbons (Fsp3) is 0.286. The van der Waals surface area contributed by atoms with Crippen LogP contribution in [0.25, 0.3) is 11.3 Å². The highest BCUT2D eigenvalue weighted by molar-refractivity contribution is 5.61. The topological polar surface area (TPSA) is 73.2 Å². The second-order valence-electron chi connectivity index (χ2n) is 6.22. The predicted molar refractivity (Wildman–Crippen MR) is 104 cm³/mol. The largest absolute Gasteiger partial charge is 0.494 e. The van der Waals surface area contributed by atoms with Crippen molar-refractivity contribution in [2.24, 2.45) is 0 Å². The number of anilines is 1. The minimum Gasteiger partial charge on any atom is -0.494 e. The lowest BCUT2D eigenvalue weighted by Gasteiger charge is -2.06. The van der Waals surface area contributed by atoms with Gasteiger partial charge in [-0.05, 0) is 36.8 Å². The summed E-state index contributed by atoms with van der Waals surface area (Å²) in [6, 6.07) is 17.4. The van der Waals surface area contributed by atoms with Gasteiger partial charge in [0, 0.05) is 17.3 Å². The van der Waals surface area contributed by atoms with Crippen molar-refractivity contribution in [2.45, 2.75) is 32.8 Å². The number of H-pyrrole nitrogens is 1. The lowest BCUT2D eigenvalue weighted by atomic mass is 10.1. The van der Waals surface area contributed by atoms with Crippen molar-refractivity contribution in [2.75, 3.05) is 12.3 Å². The molecule has 3 aromatic rings. The molecule has 0 bridgehead atoms. The Kier molecular flexibility index (Phi) is 6.14. The Morgan fingerprint density at radius 1 is 0.962 bits per heavy atom. The lowest BCUT2D eigenvalue weighted by molar-refractivity contribution is 0.301. The van der Waals surface area contributed by atoms with Gasteiger partial charge in [-0.15, -0.1) is 0 Å². The number of ether oxygens (including phenoxy) is 2. The highest BCUT2D eigenvalue weighted by Crippen LogP contribution is 2.24. The van der Waals surface area contributed by atoms with E-state index in [1.165, 1.54) is 12.8 Å². The summed E-state index contributed by atoms with van der Waals surface area (Å²) in [4.78, 5) is 0. The molecule has 1 heterocycles. The number of nitrogen functional groups attached to an aromatic ring is 1. The number of nitrogens with two attached hydrogens (primary N) is 1. The minimum absolute atomic E-state index is 0.406. The molecular weight excluding hydrogens is 326 g/mol. The maximum Gasteiger partial charge on any atom is 0.130 e. The lowest BCUT2D eigenvalue weighted by Crippen LogP contribution is -1.97. The summed E-state index contributed by atoms with van der Waals surface area (Å²) in [6.07, 6.45) is 3.46. The van der Waals surface area contributed by atoms with Crippen LogP contribution in [0, 0.1) is 0 Å². The summed E-state index contributed by atoms with van der Waals surface area (Å²) in [5.74, 6) is 1.61. The van der Waals surface area contributed by atoms with Gasteiger partial charge in [0.1, 0.15) is 18.1 Å². The van der Waals surface area contributed by atoms with Crippen LogP contribution < -0.4 is 15.2 Å². The molecule has 0 radical (unpaired) electrons. The van der Waals surface area contributed by atoms with Crippen molar-refractivity contribution in [1.29, 1.82) is 0 Å². The Bertz CT molecular complexity index is 829. The SMILES string of the molecule is CCCCCOc1cccc(-c2cc(COc3cccc(N)c3)[nH]n2)c1. The summed E-state index contributed by atoms with van der Waals surface area (Å²) in [7, 11) is 0. The summed E-state index contributed by atoms with van der Waals surface area (Å²) in [5, 5.41) is 7.40. The number of benzene rings is 2. The molecular formula is C21H25N3O2. The van der Waals surface area contributed by atoms with Gasteiger partial charge in [0.15, 0.2) is 0 Å². The van der Waals surface area contributed by atoms with Crippen LogP contribution in [0.3, 0.4) is 0 Å². The van der Waals surface area contributed by atoms with Gasteiger partial charge < -0.3 is 15.2 Å². The molecule has 3 N–H and O–H groups in total. The molecule has 136 valence electrons. The molecule has 0 aliphatic heterocycles. The highest BCUT2D eigenvalue weighted by Gasteiger charge is 2.06. The Morgan fingerprint density at radius 3 is 2.58 bits per heavy atom. The van der Waals surface area contributed by atoms with Crippen LogP contribution in [0.4, 0.5) is 5.69 Å². The molecule has 5 heteroatoms. The molecule has 0 unspecified atom stereocenters. The zero-order chi connectivity index (χ0) is 18.2. The van der Waals surface area contributed by atoms with E-state index in [0.717, 1.165) is 41.5 Å². The van der Waals surface area contributed by atoms with Crippen molar-refractivity contribution in [3.8, 4) is 22.8 Å². The van der Waals surface area contributed by atoms with Crippen molar-refractivity contribution >= 4 is 5.69 Å². The van der Waals surface area contributed by atoms with Crippen LogP contribution in [0.2, 0.25) is 0 Å². The van der Waals surface area contributed by atoms with Crippen LogP contribution >= 0.6 is 0 Å². The number of nitrogens with zero attached hydrogens (tertiary/aromatic N) is 1. The van der Waals surface area contributed by atoms with E-state index in [1.54, 1.807) is 6.07 Å². The van der Waals surface area contributed by atoms with Crippen LogP contribution in [-0.4, -0.2) is 16.8 Å². The molecule has 0 amide bonds. The van der Waals surface area contributed by atoms with E-state index in [-0.39, 0.29) is 0 Å². The second kappa shape index (κ2) is 8.94. The minimum atomic E-state index is 0.406. The fourth-order valence-electron chi connectivity index (χ4n) is 2.64. The number of aromatic amines is 1. The predicted octanol–water partition coefficient (Wildman–Crippen LogP) is 4.81. The first-order chi connectivity index (χ1) is 12.7. The van der Waals surface area contributed by atoms with Crippen molar-refractivity contribution in [3.63, 3.8) is 0 Å². The second-order valence-corrected chi connectivity index (χ2v) is 6.22. The first kappa shape index (κ1) is 17.9. The molecule has 0 spiro atoms. The molecule has 0 atom stereocenters. The average Bonchev–Trinajstić information content (AvgIpc) is 3.13. The van der Waals surface area contributed by atoms with E-state index in [9.17, 15) is 0 Å². The van der Waals surface area contributed by atoms with Gasteiger partial charge in [-0.1, -0.05) is 38.0 Å². The van der Waals surface area contributed by atoms with E-state index in [2.05, 4.69) is 17.1 Å². The molecule has 0 saturated heterocycles. The highest BCUT2D eigenvalue weighted by atomic mass is 16.5. The fourth-order valence-corrected chi connectivity index (χ4v) is 2.64. The van der Waals surface area contributed by atoms with Crippen LogP contribution in [0.15, 0.2) is 54.6 Å². The third kappa shape index (κ3) is 5.02. The van der Waals surface area contributed by atoms with Gasteiger partial charge in [-0.3, -0.25) is 5.10 Å². The van der Waals surface area contributed by atoms with Gasteiger partial charge in [0.05, 0.1) is 18.0 Å². The Labute approximate surface area is 154 Å². The van der Waals surface area contributed by atoms with Crippen LogP contribution in [-0.2, 0) is 6.61 Å². The van der Waals surface area contributed by atoms with E-state index < -0.39 is 0 Å². The summed E-state index contributed by atoms with van der Waals surface area (Å²) in [5.41, 5.74) is 9.23. The Morgan fingerprint density at radius 2 is 1.77 bits per heavy atom. The third-order valence-corrected chi connectivity index (χ3v) is 4.03. The quantitative estimate of drug-likeness (QED) is 0.429. The van der Waals surface area contributed by atoms with Gasteiger partial charge >= 0.3 is 0 Å². The van der Waals surface area contributed by atoms with Crippen molar-refractivity contribution < 1.29 is 9.47 Å². The number of hydrogen-bond acceptors (Lipinski definition) is 4. The smallest absolute Gasteiger partial charge is 0.130 e.